The van der Waals surface area contributed by atoms with E-state index < -0.39 is 0 Å². The lowest BCUT2D eigenvalue weighted by molar-refractivity contribution is 0.179. The van der Waals surface area contributed by atoms with Crippen LogP contribution in [-0.4, -0.2) is 45.7 Å². The SMILES string of the molecule is CC(c1nc2ccc(Br)cn2n1)N1CCNCC1. The third kappa shape index (κ3) is 2.28. The Morgan fingerprint density at radius 1 is 1.33 bits per heavy atom. The number of nitrogens with one attached hydrogen (secondary N) is 1. The minimum Gasteiger partial charge on any atom is -0.314 e. The molecule has 6 heteroatoms. The maximum atomic E-state index is 4.60. The number of halogens is 1. The Morgan fingerprint density at radius 2 is 2.11 bits per heavy atom. The monoisotopic (exact) mass is 309 g/mol. The number of piperazine rings is 1. The molecule has 1 aliphatic heterocycles. The summed E-state index contributed by atoms with van der Waals surface area (Å²) in [6.07, 6.45) is 1.94. The summed E-state index contributed by atoms with van der Waals surface area (Å²) in [7, 11) is 0. The minimum atomic E-state index is 0.269. The Labute approximate surface area is 114 Å². The van der Waals surface area contributed by atoms with Crippen LogP contribution in [-0.2, 0) is 0 Å². The molecule has 1 saturated heterocycles. The topological polar surface area (TPSA) is 45.5 Å². The van der Waals surface area contributed by atoms with E-state index in [2.05, 4.69) is 43.2 Å². The molecule has 1 aliphatic rings. The van der Waals surface area contributed by atoms with Crippen molar-refractivity contribution in [2.75, 3.05) is 26.2 Å². The van der Waals surface area contributed by atoms with Gasteiger partial charge in [-0.2, -0.15) is 0 Å². The molecule has 3 heterocycles. The molecule has 96 valence electrons. The van der Waals surface area contributed by atoms with Gasteiger partial charge in [0, 0.05) is 36.8 Å². The molecule has 0 saturated carbocycles. The number of rotatable bonds is 2. The summed E-state index contributed by atoms with van der Waals surface area (Å²) in [5, 5.41) is 7.92. The van der Waals surface area contributed by atoms with Crippen molar-refractivity contribution in [2.45, 2.75) is 13.0 Å². The van der Waals surface area contributed by atoms with Crippen molar-refractivity contribution in [3.8, 4) is 0 Å². The van der Waals surface area contributed by atoms with E-state index in [0.29, 0.717) is 0 Å². The number of pyridine rings is 1. The van der Waals surface area contributed by atoms with Gasteiger partial charge in [0.25, 0.3) is 0 Å². The number of nitrogens with zero attached hydrogens (tertiary/aromatic N) is 4. The molecule has 1 N–H and O–H groups in total. The first-order chi connectivity index (χ1) is 8.74. The number of aromatic nitrogens is 3. The average Bonchev–Trinajstić information content (AvgIpc) is 2.81. The molecule has 0 aromatic carbocycles. The summed E-state index contributed by atoms with van der Waals surface area (Å²) < 4.78 is 2.85. The summed E-state index contributed by atoms with van der Waals surface area (Å²) in [6.45, 7) is 6.38. The van der Waals surface area contributed by atoms with Crippen molar-refractivity contribution < 1.29 is 0 Å². The molecule has 3 rings (SSSR count). The zero-order valence-corrected chi connectivity index (χ0v) is 11.9. The number of hydrogen-bond acceptors (Lipinski definition) is 4. The van der Waals surface area contributed by atoms with E-state index in [9.17, 15) is 0 Å². The molecular weight excluding hydrogens is 294 g/mol. The van der Waals surface area contributed by atoms with Gasteiger partial charge in [-0.05, 0) is 35.0 Å². The Hall–Kier alpha value is -0.980. The van der Waals surface area contributed by atoms with Gasteiger partial charge in [0.2, 0.25) is 0 Å². The summed E-state index contributed by atoms with van der Waals surface area (Å²) in [4.78, 5) is 7.01. The molecule has 0 bridgehead atoms. The van der Waals surface area contributed by atoms with E-state index in [1.165, 1.54) is 0 Å². The van der Waals surface area contributed by atoms with Crippen LogP contribution in [0, 0.1) is 0 Å². The maximum absolute atomic E-state index is 4.60. The van der Waals surface area contributed by atoms with Gasteiger partial charge in [0.1, 0.15) is 0 Å². The van der Waals surface area contributed by atoms with Crippen molar-refractivity contribution in [3.05, 3.63) is 28.6 Å². The van der Waals surface area contributed by atoms with Crippen LogP contribution in [0.2, 0.25) is 0 Å². The van der Waals surface area contributed by atoms with Crippen molar-refractivity contribution in [1.82, 2.24) is 24.8 Å². The van der Waals surface area contributed by atoms with Gasteiger partial charge in [-0.15, -0.1) is 5.10 Å². The molecule has 5 nitrogen and oxygen atoms in total. The molecule has 1 fully saturated rings. The van der Waals surface area contributed by atoms with Gasteiger partial charge in [-0.1, -0.05) is 0 Å². The molecule has 0 aliphatic carbocycles. The Kier molecular flexibility index (Phi) is 3.32. The van der Waals surface area contributed by atoms with Crippen LogP contribution in [0.15, 0.2) is 22.8 Å². The van der Waals surface area contributed by atoms with Gasteiger partial charge < -0.3 is 5.32 Å². The smallest absolute Gasteiger partial charge is 0.168 e. The van der Waals surface area contributed by atoms with E-state index in [1.807, 2.05) is 22.8 Å². The minimum absolute atomic E-state index is 0.269. The Bertz CT molecular complexity index is 546. The fourth-order valence-electron chi connectivity index (χ4n) is 2.28. The predicted molar refractivity (Wildman–Crippen MR) is 73.5 cm³/mol. The Morgan fingerprint density at radius 3 is 2.89 bits per heavy atom. The van der Waals surface area contributed by atoms with Gasteiger partial charge in [-0.3, -0.25) is 4.90 Å². The quantitative estimate of drug-likeness (QED) is 0.912. The second-order valence-corrected chi connectivity index (χ2v) is 5.50. The van der Waals surface area contributed by atoms with E-state index in [0.717, 1.165) is 42.1 Å². The van der Waals surface area contributed by atoms with Crippen molar-refractivity contribution >= 4 is 21.6 Å². The first-order valence-corrected chi connectivity index (χ1v) is 7.00. The molecule has 18 heavy (non-hydrogen) atoms. The second-order valence-electron chi connectivity index (χ2n) is 4.58. The van der Waals surface area contributed by atoms with Crippen LogP contribution in [0.3, 0.4) is 0 Å². The molecule has 2 aromatic heterocycles. The van der Waals surface area contributed by atoms with Gasteiger partial charge in [0.05, 0.1) is 6.04 Å². The fourth-order valence-corrected chi connectivity index (χ4v) is 2.61. The molecule has 2 aromatic rings. The van der Waals surface area contributed by atoms with Gasteiger partial charge >= 0.3 is 0 Å². The highest BCUT2D eigenvalue weighted by molar-refractivity contribution is 9.10. The van der Waals surface area contributed by atoms with Crippen LogP contribution < -0.4 is 5.32 Å². The number of hydrogen-bond donors (Lipinski definition) is 1. The summed E-state index contributed by atoms with van der Waals surface area (Å²) in [6, 6.07) is 4.24. The van der Waals surface area contributed by atoms with Crippen molar-refractivity contribution in [2.24, 2.45) is 0 Å². The van der Waals surface area contributed by atoms with Crippen LogP contribution in [0.25, 0.3) is 5.65 Å². The lowest BCUT2D eigenvalue weighted by atomic mass is 10.2. The molecule has 0 radical (unpaired) electrons. The summed E-state index contributed by atoms with van der Waals surface area (Å²) in [5.74, 6) is 0.898. The fraction of sp³-hybridized carbons (Fsp3) is 0.500. The summed E-state index contributed by atoms with van der Waals surface area (Å²) in [5.41, 5.74) is 0.898. The molecule has 1 unspecified atom stereocenters. The highest BCUT2D eigenvalue weighted by Crippen LogP contribution is 2.19. The van der Waals surface area contributed by atoms with E-state index in [-0.39, 0.29) is 6.04 Å². The molecular formula is C12H16BrN5. The van der Waals surface area contributed by atoms with Gasteiger partial charge in [0.15, 0.2) is 11.5 Å². The first-order valence-electron chi connectivity index (χ1n) is 6.20. The van der Waals surface area contributed by atoms with E-state index in [4.69, 9.17) is 0 Å². The standard InChI is InChI=1S/C12H16BrN5/c1-9(17-6-4-14-5-7-17)12-15-11-3-2-10(13)8-18(11)16-12/h2-3,8-9,14H,4-7H2,1H3. The first kappa shape index (κ1) is 12.1. The maximum Gasteiger partial charge on any atom is 0.168 e. The largest absolute Gasteiger partial charge is 0.314 e. The lowest BCUT2D eigenvalue weighted by Crippen LogP contribution is -2.44. The highest BCUT2D eigenvalue weighted by Gasteiger charge is 2.21. The number of fused-ring (bicyclic) bond motifs is 1. The highest BCUT2D eigenvalue weighted by atomic mass is 79.9. The van der Waals surface area contributed by atoms with E-state index in [1.54, 1.807) is 0 Å². The third-order valence-electron chi connectivity index (χ3n) is 3.38. The molecule has 0 spiro atoms. The van der Waals surface area contributed by atoms with Crippen LogP contribution >= 0.6 is 15.9 Å². The zero-order valence-electron chi connectivity index (χ0n) is 10.3. The van der Waals surface area contributed by atoms with Crippen molar-refractivity contribution in [3.63, 3.8) is 0 Å². The molecule has 1 atom stereocenters. The summed E-state index contributed by atoms with van der Waals surface area (Å²) >= 11 is 3.45. The Balaban J connectivity index is 1.88. The molecule has 0 amide bonds. The van der Waals surface area contributed by atoms with Gasteiger partial charge in [-0.25, -0.2) is 9.50 Å². The van der Waals surface area contributed by atoms with E-state index >= 15 is 0 Å². The van der Waals surface area contributed by atoms with Crippen LogP contribution in [0.5, 0.6) is 0 Å². The normalized spacial score (nSPS) is 19.2. The average molecular weight is 310 g/mol. The van der Waals surface area contributed by atoms with Crippen molar-refractivity contribution in [1.29, 1.82) is 0 Å². The van der Waals surface area contributed by atoms with Crippen LogP contribution in [0.1, 0.15) is 18.8 Å². The predicted octanol–water partition coefficient (Wildman–Crippen LogP) is 1.46. The zero-order chi connectivity index (χ0) is 12.5. The third-order valence-corrected chi connectivity index (χ3v) is 3.85. The second kappa shape index (κ2) is 4.95. The van der Waals surface area contributed by atoms with Crippen LogP contribution in [0.4, 0.5) is 0 Å². The lowest BCUT2D eigenvalue weighted by Gasteiger charge is -2.31.